The SMILES string of the molecule is Cc1ccc(Cl)cc1NC(=O)NC(C)(C)COC(=O)Nc1cc(Cl)ccc1C. The zero-order valence-electron chi connectivity index (χ0n) is 16.2. The van der Waals surface area contributed by atoms with E-state index in [9.17, 15) is 9.59 Å². The quantitative estimate of drug-likeness (QED) is 0.571. The van der Waals surface area contributed by atoms with Crippen molar-refractivity contribution >= 4 is 46.7 Å². The molecule has 2 aromatic rings. The molecular formula is C20H23Cl2N3O3. The van der Waals surface area contributed by atoms with E-state index < -0.39 is 17.7 Å². The van der Waals surface area contributed by atoms with E-state index in [2.05, 4.69) is 16.0 Å². The lowest BCUT2D eigenvalue weighted by Gasteiger charge is -2.26. The smallest absolute Gasteiger partial charge is 0.411 e. The minimum atomic E-state index is -0.794. The van der Waals surface area contributed by atoms with Gasteiger partial charge in [0.15, 0.2) is 0 Å². The molecule has 0 saturated heterocycles. The average Bonchev–Trinajstić information content (AvgIpc) is 2.59. The van der Waals surface area contributed by atoms with Crippen LogP contribution in [0.4, 0.5) is 21.0 Å². The number of urea groups is 1. The van der Waals surface area contributed by atoms with E-state index in [-0.39, 0.29) is 6.61 Å². The number of nitrogens with one attached hydrogen (secondary N) is 3. The molecule has 0 aliphatic heterocycles. The molecule has 0 aromatic heterocycles. The molecule has 0 heterocycles. The predicted molar refractivity (Wildman–Crippen MR) is 114 cm³/mol. The summed E-state index contributed by atoms with van der Waals surface area (Å²) in [5.74, 6) is 0. The van der Waals surface area contributed by atoms with Crippen molar-refractivity contribution in [3.63, 3.8) is 0 Å². The van der Waals surface area contributed by atoms with Crippen molar-refractivity contribution in [1.82, 2.24) is 5.32 Å². The van der Waals surface area contributed by atoms with Gasteiger partial charge in [-0.15, -0.1) is 0 Å². The van der Waals surface area contributed by atoms with Gasteiger partial charge in [-0.2, -0.15) is 0 Å². The summed E-state index contributed by atoms with van der Waals surface area (Å²) in [6, 6.07) is 9.98. The normalized spacial score (nSPS) is 10.9. The highest BCUT2D eigenvalue weighted by atomic mass is 35.5. The highest BCUT2D eigenvalue weighted by Crippen LogP contribution is 2.21. The molecule has 0 unspecified atom stereocenters. The maximum absolute atomic E-state index is 12.3. The fraction of sp³-hybridized carbons (Fsp3) is 0.300. The number of hydrogen-bond donors (Lipinski definition) is 3. The largest absolute Gasteiger partial charge is 0.447 e. The first-order chi connectivity index (χ1) is 13.1. The van der Waals surface area contributed by atoms with Crippen molar-refractivity contribution in [2.75, 3.05) is 17.2 Å². The predicted octanol–water partition coefficient (Wildman–Crippen LogP) is 5.76. The molecule has 8 heteroatoms. The third kappa shape index (κ3) is 6.62. The fourth-order valence-corrected chi connectivity index (χ4v) is 2.69. The van der Waals surface area contributed by atoms with Gasteiger partial charge in [0.25, 0.3) is 0 Å². The van der Waals surface area contributed by atoms with E-state index in [1.165, 1.54) is 0 Å². The lowest BCUT2D eigenvalue weighted by atomic mass is 10.1. The summed E-state index contributed by atoms with van der Waals surface area (Å²) in [5.41, 5.74) is 2.12. The minimum Gasteiger partial charge on any atom is -0.447 e. The van der Waals surface area contributed by atoms with Crippen molar-refractivity contribution in [2.24, 2.45) is 0 Å². The first-order valence-corrected chi connectivity index (χ1v) is 9.36. The monoisotopic (exact) mass is 423 g/mol. The number of ether oxygens (including phenoxy) is 1. The third-order valence-corrected chi connectivity index (χ3v) is 4.37. The Bertz CT molecular complexity index is 885. The van der Waals surface area contributed by atoms with E-state index in [4.69, 9.17) is 27.9 Å². The van der Waals surface area contributed by atoms with Gasteiger partial charge in [-0.25, -0.2) is 9.59 Å². The maximum Gasteiger partial charge on any atom is 0.411 e. The van der Waals surface area contributed by atoms with Crippen LogP contribution in [0.5, 0.6) is 0 Å². The summed E-state index contributed by atoms with van der Waals surface area (Å²) in [6.45, 7) is 7.17. The average molecular weight is 424 g/mol. The van der Waals surface area contributed by atoms with E-state index in [1.54, 1.807) is 44.2 Å². The number of carbonyl (C=O) groups is 2. The molecule has 2 aromatic carbocycles. The van der Waals surface area contributed by atoms with Gasteiger partial charge in [0.05, 0.1) is 5.54 Å². The van der Waals surface area contributed by atoms with Gasteiger partial charge in [-0.1, -0.05) is 35.3 Å². The minimum absolute atomic E-state index is 0.0274. The molecule has 3 N–H and O–H groups in total. The third-order valence-electron chi connectivity index (χ3n) is 3.90. The number of benzene rings is 2. The standard InChI is InChI=1S/C20H23Cl2N3O3/c1-12-5-7-14(21)9-16(12)23-18(26)25-20(3,4)11-28-19(27)24-17-10-15(22)8-6-13(17)2/h5-10H,11H2,1-4H3,(H,24,27)(H2,23,25,26). The Morgan fingerprint density at radius 2 is 1.43 bits per heavy atom. The summed E-state index contributed by atoms with van der Waals surface area (Å²) in [5, 5.41) is 9.19. The molecule has 3 amide bonds. The van der Waals surface area contributed by atoms with E-state index in [0.717, 1.165) is 11.1 Å². The van der Waals surface area contributed by atoms with Crippen LogP contribution >= 0.6 is 23.2 Å². The molecule has 0 saturated carbocycles. The van der Waals surface area contributed by atoms with Crippen LogP contribution in [0.25, 0.3) is 0 Å². The molecule has 0 fully saturated rings. The Morgan fingerprint density at radius 1 is 0.929 bits per heavy atom. The van der Waals surface area contributed by atoms with Crippen LogP contribution in [0, 0.1) is 13.8 Å². The van der Waals surface area contributed by atoms with Crippen LogP contribution < -0.4 is 16.0 Å². The van der Waals surface area contributed by atoms with E-state index in [1.807, 2.05) is 19.9 Å². The molecule has 0 aliphatic carbocycles. The van der Waals surface area contributed by atoms with Crippen LogP contribution in [0.2, 0.25) is 10.0 Å². The number of rotatable bonds is 5. The number of carbonyl (C=O) groups excluding carboxylic acids is 2. The summed E-state index contributed by atoms with van der Waals surface area (Å²) in [7, 11) is 0. The topological polar surface area (TPSA) is 79.5 Å². The van der Waals surface area contributed by atoms with Crippen LogP contribution in [0.15, 0.2) is 36.4 Å². The summed E-state index contributed by atoms with van der Waals surface area (Å²) < 4.78 is 5.24. The highest BCUT2D eigenvalue weighted by molar-refractivity contribution is 6.31. The van der Waals surface area contributed by atoms with Gasteiger partial charge >= 0.3 is 12.1 Å². The number of aryl methyl sites for hydroxylation is 2. The molecule has 28 heavy (non-hydrogen) atoms. The van der Waals surface area contributed by atoms with Gasteiger partial charge in [0, 0.05) is 21.4 Å². The van der Waals surface area contributed by atoms with Crippen LogP contribution in [0.1, 0.15) is 25.0 Å². The molecule has 2 rings (SSSR count). The van der Waals surface area contributed by atoms with Crippen molar-refractivity contribution in [3.8, 4) is 0 Å². The lowest BCUT2D eigenvalue weighted by Crippen LogP contribution is -2.49. The fourth-order valence-electron chi connectivity index (χ4n) is 2.35. The van der Waals surface area contributed by atoms with E-state index >= 15 is 0 Å². The molecule has 150 valence electrons. The van der Waals surface area contributed by atoms with Crippen molar-refractivity contribution in [3.05, 3.63) is 57.6 Å². The molecular weight excluding hydrogens is 401 g/mol. The zero-order chi connectivity index (χ0) is 20.9. The summed E-state index contributed by atoms with van der Waals surface area (Å²) in [4.78, 5) is 24.3. The van der Waals surface area contributed by atoms with Gasteiger partial charge < -0.3 is 15.4 Å². The number of hydrogen-bond acceptors (Lipinski definition) is 3. The molecule has 0 bridgehead atoms. The van der Waals surface area contributed by atoms with Crippen molar-refractivity contribution in [2.45, 2.75) is 33.2 Å². The Balaban J connectivity index is 1.88. The van der Waals surface area contributed by atoms with Crippen LogP contribution in [-0.2, 0) is 4.74 Å². The molecule has 0 atom stereocenters. The molecule has 6 nitrogen and oxygen atoms in total. The maximum atomic E-state index is 12.3. The first-order valence-electron chi connectivity index (χ1n) is 8.61. The molecule has 0 spiro atoms. The first kappa shape index (κ1) is 21.9. The Labute approximate surface area is 174 Å². The van der Waals surface area contributed by atoms with Gasteiger partial charge in [0.1, 0.15) is 6.61 Å². The Kier molecular flexibility index (Phi) is 7.16. The lowest BCUT2D eigenvalue weighted by molar-refractivity contribution is 0.129. The number of amides is 3. The summed E-state index contributed by atoms with van der Waals surface area (Å²) >= 11 is 11.9. The van der Waals surface area contributed by atoms with Gasteiger partial charge in [-0.05, 0) is 63.1 Å². The number of halogens is 2. The van der Waals surface area contributed by atoms with Gasteiger partial charge in [0.2, 0.25) is 0 Å². The second-order valence-corrected chi connectivity index (χ2v) is 7.96. The Morgan fingerprint density at radius 3 is 1.96 bits per heavy atom. The van der Waals surface area contributed by atoms with Crippen molar-refractivity contribution in [1.29, 1.82) is 0 Å². The molecule has 0 radical (unpaired) electrons. The molecule has 0 aliphatic rings. The second-order valence-electron chi connectivity index (χ2n) is 7.08. The Hall–Kier alpha value is -2.44. The van der Waals surface area contributed by atoms with Crippen LogP contribution in [0.3, 0.4) is 0 Å². The highest BCUT2D eigenvalue weighted by Gasteiger charge is 2.23. The van der Waals surface area contributed by atoms with Crippen molar-refractivity contribution < 1.29 is 14.3 Å². The zero-order valence-corrected chi connectivity index (χ0v) is 17.7. The number of anilines is 2. The van der Waals surface area contributed by atoms with Crippen LogP contribution in [-0.4, -0.2) is 24.3 Å². The summed E-state index contributed by atoms with van der Waals surface area (Å²) in [6.07, 6.45) is -0.633. The van der Waals surface area contributed by atoms with Gasteiger partial charge in [-0.3, -0.25) is 5.32 Å². The second kappa shape index (κ2) is 9.17. The van der Waals surface area contributed by atoms with E-state index in [0.29, 0.717) is 21.4 Å².